The van der Waals surface area contributed by atoms with Gasteiger partial charge in [-0.3, -0.25) is 4.79 Å². The maximum atomic E-state index is 12.7. The zero-order valence-electron chi connectivity index (χ0n) is 17.4. The van der Waals surface area contributed by atoms with Crippen molar-refractivity contribution in [1.82, 2.24) is 0 Å². The van der Waals surface area contributed by atoms with Gasteiger partial charge in [0, 0.05) is 5.54 Å². The minimum Gasteiger partial charge on any atom is -0.462 e. The van der Waals surface area contributed by atoms with Gasteiger partial charge in [0.05, 0.1) is 5.41 Å². The Hall–Kier alpha value is -0.570. The van der Waals surface area contributed by atoms with Crippen LogP contribution in [0.4, 0.5) is 0 Å². The Morgan fingerprint density at radius 3 is 2.33 bits per heavy atom. The quantitative estimate of drug-likeness (QED) is 0.639. The van der Waals surface area contributed by atoms with E-state index in [4.69, 9.17) is 10.5 Å². The minimum atomic E-state index is -0.530. The van der Waals surface area contributed by atoms with E-state index < -0.39 is 5.41 Å². The van der Waals surface area contributed by atoms with Gasteiger partial charge in [0.25, 0.3) is 0 Å². The highest BCUT2D eigenvalue weighted by Crippen LogP contribution is 2.49. The molecule has 0 saturated heterocycles. The molecule has 4 atom stereocenters. The van der Waals surface area contributed by atoms with E-state index in [-0.39, 0.29) is 17.6 Å². The second-order valence-electron chi connectivity index (χ2n) is 9.77. The van der Waals surface area contributed by atoms with Crippen LogP contribution >= 0.6 is 0 Å². The molecule has 0 heterocycles. The van der Waals surface area contributed by atoms with Gasteiger partial charge in [-0.1, -0.05) is 40.5 Å². The van der Waals surface area contributed by atoms with Crippen molar-refractivity contribution in [3.8, 4) is 0 Å². The van der Waals surface area contributed by atoms with E-state index in [0.29, 0.717) is 23.7 Å². The molecule has 0 aromatic heterocycles. The number of hydrogen-bond acceptors (Lipinski definition) is 3. The fraction of sp³-hybridized carbons (Fsp3) is 0.952. The van der Waals surface area contributed by atoms with Crippen molar-refractivity contribution in [2.75, 3.05) is 0 Å². The summed E-state index contributed by atoms with van der Waals surface area (Å²) in [6.07, 6.45) is 6.23. The van der Waals surface area contributed by atoms with Crippen molar-refractivity contribution in [1.29, 1.82) is 0 Å². The van der Waals surface area contributed by atoms with E-state index in [1.165, 1.54) is 6.42 Å². The maximum absolute atomic E-state index is 12.7. The topological polar surface area (TPSA) is 52.3 Å². The fourth-order valence-corrected chi connectivity index (χ4v) is 4.76. The van der Waals surface area contributed by atoms with Gasteiger partial charge in [0.1, 0.15) is 6.10 Å². The van der Waals surface area contributed by atoms with Crippen molar-refractivity contribution in [2.45, 2.75) is 106 Å². The van der Waals surface area contributed by atoms with Crippen LogP contribution in [0.2, 0.25) is 0 Å². The van der Waals surface area contributed by atoms with E-state index in [1.807, 2.05) is 27.7 Å². The molecule has 0 aromatic carbocycles. The maximum Gasteiger partial charge on any atom is 0.311 e. The summed E-state index contributed by atoms with van der Waals surface area (Å²) in [6, 6.07) is 0. The molecule has 3 nitrogen and oxygen atoms in total. The van der Waals surface area contributed by atoms with Crippen molar-refractivity contribution in [3.05, 3.63) is 0 Å². The number of nitrogens with two attached hydrogens (primary N) is 1. The molecule has 3 heteroatoms. The molecule has 1 aliphatic carbocycles. The second-order valence-corrected chi connectivity index (χ2v) is 9.77. The molecular formula is C21H41NO2. The summed E-state index contributed by atoms with van der Waals surface area (Å²) in [5.41, 5.74) is 5.59. The fourth-order valence-electron chi connectivity index (χ4n) is 4.76. The summed E-state index contributed by atoms with van der Waals surface area (Å²) in [6.45, 7) is 17.2. The smallest absolute Gasteiger partial charge is 0.311 e. The van der Waals surface area contributed by atoms with Crippen LogP contribution in [0.15, 0.2) is 0 Å². The summed E-state index contributed by atoms with van der Waals surface area (Å²) >= 11 is 0. The average Bonchev–Trinajstić information content (AvgIpc) is 2.45. The number of rotatable bonds is 7. The predicted molar refractivity (Wildman–Crippen MR) is 102 cm³/mol. The first-order chi connectivity index (χ1) is 10.9. The third-order valence-corrected chi connectivity index (χ3v) is 6.44. The molecule has 1 saturated carbocycles. The normalized spacial score (nSPS) is 30.0. The molecule has 2 N–H and O–H groups in total. The van der Waals surface area contributed by atoms with Crippen LogP contribution in [0.25, 0.3) is 0 Å². The van der Waals surface area contributed by atoms with E-state index >= 15 is 0 Å². The van der Waals surface area contributed by atoms with E-state index in [0.717, 1.165) is 25.7 Å². The third-order valence-electron chi connectivity index (χ3n) is 6.44. The van der Waals surface area contributed by atoms with E-state index in [9.17, 15) is 4.79 Å². The first-order valence-electron chi connectivity index (χ1n) is 9.85. The van der Waals surface area contributed by atoms with E-state index in [1.54, 1.807) is 0 Å². The summed E-state index contributed by atoms with van der Waals surface area (Å²) in [4.78, 5) is 12.7. The summed E-state index contributed by atoms with van der Waals surface area (Å²) < 4.78 is 5.95. The largest absolute Gasteiger partial charge is 0.462 e. The molecule has 1 aliphatic rings. The van der Waals surface area contributed by atoms with E-state index in [2.05, 4.69) is 27.7 Å². The number of esters is 1. The molecule has 142 valence electrons. The molecule has 0 radical (unpaired) electrons. The Morgan fingerprint density at radius 1 is 1.29 bits per heavy atom. The number of ether oxygens (including phenoxy) is 1. The summed E-state index contributed by atoms with van der Waals surface area (Å²) in [5.74, 6) is 1.26. The monoisotopic (exact) mass is 339 g/mol. The standard InChI is InChI=1S/C21H41NO2/c1-9-15(3)21(8)12-11-17(13-16(21)10-2)24-18(23)19(4,5)14-20(6,7)22/h15-17H,9-14,22H2,1-8H3. The van der Waals surface area contributed by atoms with Crippen molar-refractivity contribution in [2.24, 2.45) is 28.4 Å². The Morgan fingerprint density at radius 2 is 1.88 bits per heavy atom. The van der Waals surface area contributed by atoms with Gasteiger partial charge in [0.2, 0.25) is 0 Å². The van der Waals surface area contributed by atoms with Crippen LogP contribution in [0, 0.1) is 22.7 Å². The predicted octanol–water partition coefficient (Wildman–Crippen LogP) is 5.31. The van der Waals surface area contributed by atoms with Crippen molar-refractivity contribution >= 4 is 5.97 Å². The van der Waals surface area contributed by atoms with Crippen LogP contribution < -0.4 is 5.73 Å². The highest BCUT2D eigenvalue weighted by atomic mass is 16.5. The molecule has 24 heavy (non-hydrogen) atoms. The Kier molecular flexibility index (Phi) is 6.94. The second kappa shape index (κ2) is 7.76. The highest BCUT2D eigenvalue weighted by Gasteiger charge is 2.44. The van der Waals surface area contributed by atoms with Gasteiger partial charge in [0.15, 0.2) is 0 Å². The molecular weight excluding hydrogens is 298 g/mol. The SMILES string of the molecule is CCC(C)C1(C)CCC(OC(=O)C(C)(C)CC(C)(C)N)CC1CC. The number of carbonyl (C=O) groups is 1. The molecule has 1 fully saturated rings. The third kappa shape index (κ3) is 5.21. The molecule has 0 aliphatic heterocycles. The zero-order valence-corrected chi connectivity index (χ0v) is 17.4. The number of hydrogen-bond donors (Lipinski definition) is 1. The molecule has 0 aromatic rings. The lowest BCUT2D eigenvalue weighted by Gasteiger charge is -2.48. The van der Waals surface area contributed by atoms with Gasteiger partial charge < -0.3 is 10.5 Å². The Labute approximate surface area is 150 Å². The van der Waals surface area contributed by atoms with Crippen LogP contribution in [0.3, 0.4) is 0 Å². The molecule has 0 spiro atoms. The minimum absolute atomic E-state index is 0.0692. The first-order valence-corrected chi connectivity index (χ1v) is 9.85. The Bertz CT molecular complexity index is 424. The lowest BCUT2D eigenvalue weighted by Crippen LogP contribution is -2.45. The highest BCUT2D eigenvalue weighted by molar-refractivity contribution is 5.76. The molecule has 4 unspecified atom stereocenters. The van der Waals surface area contributed by atoms with Crippen LogP contribution in [0.1, 0.15) is 93.9 Å². The number of carbonyl (C=O) groups excluding carboxylic acids is 1. The summed E-state index contributed by atoms with van der Waals surface area (Å²) in [7, 11) is 0. The lowest BCUT2D eigenvalue weighted by molar-refractivity contribution is -0.166. The van der Waals surface area contributed by atoms with Crippen LogP contribution in [0.5, 0.6) is 0 Å². The van der Waals surface area contributed by atoms with Gasteiger partial charge in [-0.15, -0.1) is 0 Å². The molecule has 1 rings (SSSR count). The van der Waals surface area contributed by atoms with Crippen LogP contribution in [-0.4, -0.2) is 17.6 Å². The first kappa shape index (κ1) is 21.5. The summed E-state index contributed by atoms with van der Waals surface area (Å²) in [5, 5.41) is 0. The van der Waals surface area contributed by atoms with Gasteiger partial charge in [-0.05, 0) is 70.6 Å². The van der Waals surface area contributed by atoms with Crippen molar-refractivity contribution in [3.63, 3.8) is 0 Å². The molecule has 0 amide bonds. The average molecular weight is 340 g/mol. The van der Waals surface area contributed by atoms with Gasteiger partial charge >= 0.3 is 5.97 Å². The van der Waals surface area contributed by atoms with Crippen molar-refractivity contribution < 1.29 is 9.53 Å². The van der Waals surface area contributed by atoms with Gasteiger partial charge in [-0.2, -0.15) is 0 Å². The zero-order chi connectivity index (χ0) is 18.8. The van der Waals surface area contributed by atoms with Crippen LogP contribution in [-0.2, 0) is 9.53 Å². The lowest BCUT2D eigenvalue weighted by atomic mass is 9.59. The molecule has 0 bridgehead atoms. The Balaban J connectivity index is 2.73. The van der Waals surface area contributed by atoms with Gasteiger partial charge in [-0.25, -0.2) is 0 Å².